The summed E-state index contributed by atoms with van der Waals surface area (Å²) in [7, 11) is -0.971. The first-order valence-corrected chi connectivity index (χ1v) is 9.54. The lowest BCUT2D eigenvalue weighted by Crippen LogP contribution is -2.27. The molecule has 25 heavy (non-hydrogen) atoms. The number of pyridine rings is 1. The van der Waals surface area contributed by atoms with Crippen LogP contribution in [-0.2, 0) is 10.3 Å². The van der Waals surface area contributed by atoms with Gasteiger partial charge in [0.1, 0.15) is 11.4 Å². The number of anilines is 2. The Balaban J connectivity index is 1.76. The molecule has 3 rings (SSSR count). The van der Waals surface area contributed by atoms with Crippen LogP contribution in [0.5, 0.6) is 5.75 Å². The Labute approximate surface area is 150 Å². The van der Waals surface area contributed by atoms with Gasteiger partial charge in [-0.05, 0) is 24.3 Å². The molecule has 0 bridgehead atoms. The van der Waals surface area contributed by atoms with Crippen molar-refractivity contribution in [1.82, 2.24) is 14.3 Å². The standard InChI is InChI=1S/C16H16N4O3S2/c1-20(2)25(21,22)23-13-7-5-6-12(10-13)18-16-19-15(11-24-16)14-8-3-4-9-17-14/h3-11H,1-2H3,(H,18,19). The van der Waals surface area contributed by atoms with Crippen molar-refractivity contribution >= 4 is 32.5 Å². The summed E-state index contributed by atoms with van der Waals surface area (Å²) >= 11 is 1.43. The minimum Gasteiger partial charge on any atom is -0.371 e. The molecule has 7 nitrogen and oxygen atoms in total. The number of benzene rings is 1. The first-order chi connectivity index (χ1) is 11.9. The van der Waals surface area contributed by atoms with Gasteiger partial charge in [-0.3, -0.25) is 4.98 Å². The van der Waals surface area contributed by atoms with E-state index in [0.29, 0.717) is 10.8 Å². The van der Waals surface area contributed by atoms with E-state index in [1.54, 1.807) is 30.5 Å². The maximum absolute atomic E-state index is 11.8. The first-order valence-electron chi connectivity index (χ1n) is 7.30. The van der Waals surface area contributed by atoms with Crippen molar-refractivity contribution < 1.29 is 12.6 Å². The van der Waals surface area contributed by atoms with Crippen molar-refractivity contribution in [3.8, 4) is 17.1 Å². The maximum Gasteiger partial charge on any atom is 0.384 e. The van der Waals surface area contributed by atoms with Gasteiger partial charge in [-0.25, -0.2) is 4.98 Å². The zero-order valence-corrected chi connectivity index (χ0v) is 15.2. The van der Waals surface area contributed by atoms with E-state index < -0.39 is 10.3 Å². The molecule has 0 unspecified atom stereocenters. The van der Waals surface area contributed by atoms with Gasteiger partial charge in [0, 0.05) is 37.4 Å². The van der Waals surface area contributed by atoms with Gasteiger partial charge < -0.3 is 9.50 Å². The predicted molar refractivity (Wildman–Crippen MR) is 98.3 cm³/mol. The van der Waals surface area contributed by atoms with Crippen LogP contribution in [-0.4, -0.2) is 36.8 Å². The van der Waals surface area contributed by atoms with Crippen molar-refractivity contribution in [1.29, 1.82) is 0 Å². The second kappa shape index (κ2) is 7.18. The van der Waals surface area contributed by atoms with Crippen molar-refractivity contribution in [2.75, 3.05) is 19.4 Å². The molecule has 0 spiro atoms. The molecule has 0 atom stereocenters. The quantitative estimate of drug-likeness (QED) is 0.711. The van der Waals surface area contributed by atoms with Gasteiger partial charge in [-0.1, -0.05) is 12.1 Å². The Morgan fingerprint density at radius 2 is 1.96 bits per heavy atom. The average Bonchev–Trinajstić information content (AvgIpc) is 3.04. The Morgan fingerprint density at radius 1 is 1.12 bits per heavy atom. The van der Waals surface area contributed by atoms with Crippen molar-refractivity contribution in [2.45, 2.75) is 0 Å². The van der Waals surface area contributed by atoms with Crippen molar-refractivity contribution in [3.63, 3.8) is 0 Å². The normalized spacial score (nSPS) is 11.5. The van der Waals surface area contributed by atoms with E-state index in [0.717, 1.165) is 15.7 Å². The largest absolute Gasteiger partial charge is 0.384 e. The highest BCUT2D eigenvalue weighted by Crippen LogP contribution is 2.27. The van der Waals surface area contributed by atoms with E-state index >= 15 is 0 Å². The average molecular weight is 376 g/mol. The molecule has 1 N–H and O–H groups in total. The molecule has 2 heterocycles. The summed E-state index contributed by atoms with van der Waals surface area (Å²) in [4.78, 5) is 8.75. The minimum absolute atomic E-state index is 0.222. The van der Waals surface area contributed by atoms with Crippen LogP contribution in [0, 0.1) is 0 Å². The fourth-order valence-electron chi connectivity index (χ4n) is 1.91. The summed E-state index contributed by atoms with van der Waals surface area (Å²) in [5, 5.41) is 5.72. The van der Waals surface area contributed by atoms with Gasteiger partial charge in [0.15, 0.2) is 5.13 Å². The smallest absolute Gasteiger partial charge is 0.371 e. The summed E-state index contributed by atoms with van der Waals surface area (Å²) in [5.74, 6) is 0.222. The Morgan fingerprint density at radius 3 is 2.68 bits per heavy atom. The third kappa shape index (κ3) is 4.32. The van der Waals surface area contributed by atoms with Gasteiger partial charge in [0.25, 0.3) is 0 Å². The summed E-state index contributed by atoms with van der Waals surface area (Å²) in [6.45, 7) is 0. The zero-order chi connectivity index (χ0) is 17.9. The van der Waals surface area contributed by atoms with Crippen LogP contribution in [0.4, 0.5) is 10.8 Å². The monoisotopic (exact) mass is 376 g/mol. The fourth-order valence-corrected chi connectivity index (χ4v) is 3.13. The third-order valence-corrected chi connectivity index (χ3v) is 5.22. The third-order valence-electron chi connectivity index (χ3n) is 3.17. The molecule has 0 amide bonds. The van der Waals surface area contributed by atoms with E-state index in [1.807, 2.05) is 23.6 Å². The number of nitrogens with zero attached hydrogens (tertiary/aromatic N) is 3. The van der Waals surface area contributed by atoms with Crippen LogP contribution >= 0.6 is 11.3 Å². The molecule has 0 saturated heterocycles. The van der Waals surface area contributed by atoms with Gasteiger partial charge in [0.2, 0.25) is 0 Å². The zero-order valence-electron chi connectivity index (χ0n) is 13.6. The van der Waals surface area contributed by atoms with E-state index in [9.17, 15) is 8.42 Å². The van der Waals surface area contributed by atoms with E-state index in [-0.39, 0.29) is 5.75 Å². The lowest BCUT2D eigenvalue weighted by Gasteiger charge is -2.12. The lowest BCUT2D eigenvalue weighted by molar-refractivity contribution is 0.421. The maximum atomic E-state index is 11.8. The topological polar surface area (TPSA) is 84.4 Å². The molecule has 0 saturated carbocycles. The number of aromatic nitrogens is 2. The molecule has 0 aliphatic heterocycles. The highest BCUT2D eigenvalue weighted by atomic mass is 32.2. The molecular weight excluding hydrogens is 360 g/mol. The number of hydrogen-bond acceptors (Lipinski definition) is 7. The number of hydrogen-bond donors (Lipinski definition) is 1. The highest BCUT2D eigenvalue weighted by molar-refractivity contribution is 7.84. The highest BCUT2D eigenvalue weighted by Gasteiger charge is 2.16. The first kappa shape index (κ1) is 17.3. The molecule has 1 aromatic carbocycles. The number of nitrogens with one attached hydrogen (secondary N) is 1. The summed E-state index contributed by atoms with van der Waals surface area (Å²) in [5.41, 5.74) is 2.24. The van der Waals surface area contributed by atoms with Crippen molar-refractivity contribution in [3.05, 3.63) is 54.0 Å². The number of rotatable bonds is 6. The van der Waals surface area contributed by atoms with Gasteiger partial charge in [-0.15, -0.1) is 11.3 Å². The lowest BCUT2D eigenvalue weighted by atomic mass is 10.3. The molecule has 0 radical (unpaired) electrons. The molecule has 9 heteroatoms. The SMILES string of the molecule is CN(C)S(=O)(=O)Oc1cccc(Nc2nc(-c3ccccn3)cs2)c1. The van der Waals surface area contributed by atoms with E-state index in [2.05, 4.69) is 15.3 Å². The van der Waals surface area contributed by atoms with Crippen LogP contribution in [0.25, 0.3) is 11.4 Å². The van der Waals surface area contributed by atoms with Crippen LogP contribution in [0.3, 0.4) is 0 Å². The second-order valence-corrected chi connectivity index (χ2v) is 7.84. The summed E-state index contributed by atoms with van der Waals surface area (Å²) < 4.78 is 29.6. The van der Waals surface area contributed by atoms with Gasteiger partial charge in [0.05, 0.1) is 5.69 Å². The van der Waals surface area contributed by atoms with Crippen molar-refractivity contribution in [2.24, 2.45) is 0 Å². The Hall–Kier alpha value is -2.49. The van der Waals surface area contributed by atoms with Crippen LogP contribution in [0.15, 0.2) is 54.0 Å². The molecule has 130 valence electrons. The Bertz CT molecular complexity index is 956. The molecule has 0 aliphatic carbocycles. The molecule has 0 aliphatic rings. The predicted octanol–water partition coefficient (Wildman–Crippen LogP) is 3.13. The molecular formula is C16H16N4O3S2. The Kier molecular flexibility index (Phi) is 4.98. The number of thiazole rings is 1. The fraction of sp³-hybridized carbons (Fsp3) is 0.125. The van der Waals surface area contributed by atoms with Crippen LogP contribution in [0.2, 0.25) is 0 Å². The van der Waals surface area contributed by atoms with Crippen LogP contribution < -0.4 is 9.50 Å². The van der Waals surface area contributed by atoms with E-state index in [1.165, 1.54) is 25.4 Å². The van der Waals surface area contributed by atoms with E-state index in [4.69, 9.17) is 4.18 Å². The second-order valence-electron chi connectivity index (χ2n) is 5.23. The van der Waals surface area contributed by atoms with Crippen LogP contribution in [0.1, 0.15) is 0 Å². The van der Waals surface area contributed by atoms with Gasteiger partial charge >= 0.3 is 10.3 Å². The summed E-state index contributed by atoms with van der Waals surface area (Å²) in [6.07, 6.45) is 1.72. The summed E-state index contributed by atoms with van der Waals surface area (Å²) in [6, 6.07) is 12.3. The molecule has 2 aromatic heterocycles. The molecule has 3 aromatic rings. The van der Waals surface area contributed by atoms with Gasteiger partial charge in [-0.2, -0.15) is 12.7 Å². The molecule has 0 fully saturated rings. The minimum atomic E-state index is -3.79.